The number of rotatable bonds is 6. The van der Waals surface area contributed by atoms with Crippen LogP contribution in [0.4, 0.5) is 0 Å². The molecule has 2 saturated heterocycles. The van der Waals surface area contributed by atoms with Crippen molar-refractivity contribution in [3.63, 3.8) is 0 Å². The maximum Gasteiger partial charge on any atom is 0.256 e. The summed E-state index contributed by atoms with van der Waals surface area (Å²) in [6.07, 6.45) is 0.783. The normalized spacial score (nSPS) is 19.1. The number of amides is 3. The molecule has 0 aliphatic carbocycles. The molecule has 0 radical (unpaired) electrons. The van der Waals surface area contributed by atoms with E-state index in [0.29, 0.717) is 55.2 Å². The van der Waals surface area contributed by atoms with Gasteiger partial charge in [-0.25, -0.2) is 0 Å². The van der Waals surface area contributed by atoms with Crippen LogP contribution in [0.5, 0.6) is 0 Å². The van der Waals surface area contributed by atoms with Crippen molar-refractivity contribution in [3.8, 4) is 0 Å². The van der Waals surface area contributed by atoms with Crippen LogP contribution in [0.2, 0.25) is 5.02 Å². The highest BCUT2D eigenvalue weighted by atomic mass is 35.5. The summed E-state index contributed by atoms with van der Waals surface area (Å²) in [6.45, 7) is 3.47. The number of aryl methyl sites for hydroxylation is 1. The Morgan fingerprint density at radius 1 is 1.11 bits per heavy atom. The maximum atomic E-state index is 13.7. The first-order chi connectivity index (χ1) is 16.9. The van der Waals surface area contributed by atoms with Crippen molar-refractivity contribution in [2.24, 2.45) is 0 Å². The Morgan fingerprint density at radius 2 is 1.86 bits per heavy atom. The van der Waals surface area contributed by atoms with Crippen molar-refractivity contribution in [3.05, 3.63) is 70.2 Å². The van der Waals surface area contributed by atoms with E-state index in [-0.39, 0.29) is 24.3 Å². The van der Waals surface area contributed by atoms with E-state index in [1.165, 1.54) is 0 Å². The molecule has 4 rings (SSSR count). The minimum absolute atomic E-state index is 0.0921. The molecule has 35 heavy (non-hydrogen) atoms. The number of nitrogens with one attached hydrogen (secondary N) is 1. The lowest BCUT2D eigenvalue weighted by Gasteiger charge is -2.44. The first kappa shape index (κ1) is 25.2. The second-order valence-corrected chi connectivity index (χ2v) is 9.28. The summed E-state index contributed by atoms with van der Waals surface area (Å²) in [5.41, 5.74) is 0.924. The number of nitrogens with zero attached hydrogens (tertiary/aromatic N) is 2. The summed E-state index contributed by atoms with van der Waals surface area (Å²) in [4.78, 5) is 43.1. The van der Waals surface area contributed by atoms with Crippen molar-refractivity contribution in [1.82, 2.24) is 15.1 Å². The van der Waals surface area contributed by atoms with Crippen LogP contribution in [-0.4, -0.2) is 79.2 Å². The third-order valence-corrected chi connectivity index (χ3v) is 6.92. The van der Waals surface area contributed by atoms with Gasteiger partial charge in [-0.1, -0.05) is 41.4 Å². The predicted octanol–water partition coefficient (Wildman–Crippen LogP) is 2.88. The number of carbonyl (C=O) groups excluding carboxylic acids is 3. The highest BCUT2D eigenvalue weighted by molar-refractivity contribution is 6.33. The van der Waals surface area contributed by atoms with E-state index in [2.05, 4.69) is 5.32 Å². The van der Waals surface area contributed by atoms with Gasteiger partial charge in [-0.2, -0.15) is 0 Å². The van der Waals surface area contributed by atoms with E-state index >= 15 is 0 Å². The molecule has 0 saturated carbocycles. The van der Waals surface area contributed by atoms with Gasteiger partial charge in [0.05, 0.1) is 23.8 Å². The molecule has 2 aliphatic heterocycles. The lowest BCUT2D eigenvalue weighted by Crippen LogP contribution is -2.60. The van der Waals surface area contributed by atoms with Gasteiger partial charge in [-0.3, -0.25) is 19.3 Å². The number of halogens is 1. The van der Waals surface area contributed by atoms with E-state index in [4.69, 9.17) is 21.1 Å². The van der Waals surface area contributed by atoms with Gasteiger partial charge in [0, 0.05) is 45.1 Å². The number of methoxy groups -OCH3 is 1. The first-order valence-corrected chi connectivity index (χ1v) is 12.1. The van der Waals surface area contributed by atoms with Crippen molar-refractivity contribution in [2.45, 2.75) is 31.5 Å². The molecule has 1 atom stereocenters. The van der Waals surface area contributed by atoms with Gasteiger partial charge < -0.3 is 19.7 Å². The fourth-order valence-corrected chi connectivity index (χ4v) is 4.96. The summed E-state index contributed by atoms with van der Waals surface area (Å²) in [7, 11) is 1.56. The van der Waals surface area contributed by atoms with Crippen LogP contribution in [0, 0.1) is 6.92 Å². The molecule has 2 aromatic carbocycles. The molecule has 1 spiro atoms. The first-order valence-electron chi connectivity index (χ1n) is 11.7. The van der Waals surface area contributed by atoms with Crippen LogP contribution in [0.25, 0.3) is 0 Å². The second kappa shape index (κ2) is 10.8. The lowest BCUT2D eigenvalue weighted by atomic mass is 9.95. The number of likely N-dealkylation sites (tertiary alicyclic amines) is 1. The predicted molar refractivity (Wildman–Crippen MR) is 131 cm³/mol. The van der Waals surface area contributed by atoms with E-state index in [1.807, 2.05) is 25.1 Å². The minimum Gasteiger partial charge on any atom is -0.383 e. The van der Waals surface area contributed by atoms with Gasteiger partial charge >= 0.3 is 0 Å². The van der Waals surface area contributed by atoms with Gasteiger partial charge in [0.15, 0.2) is 0 Å². The Balaban J connectivity index is 1.57. The van der Waals surface area contributed by atoms with Crippen LogP contribution < -0.4 is 5.32 Å². The van der Waals surface area contributed by atoms with Crippen molar-refractivity contribution in [2.75, 3.05) is 40.0 Å². The molecule has 2 heterocycles. The smallest absolute Gasteiger partial charge is 0.256 e. The van der Waals surface area contributed by atoms with Crippen LogP contribution >= 0.6 is 11.6 Å². The quantitative estimate of drug-likeness (QED) is 0.617. The monoisotopic (exact) mass is 499 g/mol. The van der Waals surface area contributed by atoms with Crippen LogP contribution in [0.3, 0.4) is 0 Å². The van der Waals surface area contributed by atoms with Crippen LogP contribution in [0.15, 0.2) is 48.5 Å². The third-order valence-electron chi connectivity index (χ3n) is 6.59. The van der Waals surface area contributed by atoms with Gasteiger partial charge in [-0.15, -0.1) is 0 Å². The summed E-state index contributed by atoms with van der Waals surface area (Å²) in [6, 6.07) is 13.5. The summed E-state index contributed by atoms with van der Waals surface area (Å²) < 4.78 is 11.2. The van der Waals surface area contributed by atoms with E-state index < -0.39 is 11.8 Å². The van der Waals surface area contributed by atoms with E-state index in [0.717, 1.165) is 5.56 Å². The number of benzene rings is 2. The molecule has 1 N–H and O–H groups in total. The largest absolute Gasteiger partial charge is 0.383 e. The summed E-state index contributed by atoms with van der Waals surface area (Å²) >= 11 is 6.23. The zero-order valence-electron chi connectivity index (χ0n) is 20.0. The average molecular weight is 500 g/mol. The van der Waals surface area contributed by atoms with Crippen molar-refractivity contribution in [1.29, 1.82) is 0 Å². The van der Waals surface area contributed by atoms with E-state index in [1.54, 1.807) is 47.2 Å². The van der Waals surface area contributed by atoms with Gasteiger partial charge in [0.2, 0.25) is 5.91 Å². The highest BCUT2D eigenvalue weighted by Gasteiger charge is 2.54. The Bertz CT molecular complexity index is 1100. The maximum absolute atomic E-state index is 13.7. The average Bonchev–Trinajstić information content (AvgIpc) is 3.22. The molecule has 0 aromatic heterocycles. The molecule has 9 heteroatoms. The Hall–Kier alpha value is -2.94. The molecule has 2 aliphatic rings. The van der Waals surface area contributed by atoms with Crippen LogP contribution in [0.1, 0.15) is 39.1 Å². The molecule has 3 amide bonds. The van der Waals surface area contributed by atoms with Gasteiger partial charge in [0.25, 0.3) is 11.8 Å². The summed E-state index contributed by atoms with van der Waals surface area (Å²) in [5.74, 6) is -0.702. The Morgan fingerprint density at radius 3 is 2.54 bits per heavy atom. The number of carbonyl (C=O) groups is 3. The van der Waals surface area contributed by atoms with E-state index in [9.17, 15) is 14.4 Å². The fourth-order valence-electron chi connectivity index (χ4n) is 4.74. The van der Waals surface area contributed by atoms with Gasteiger partial charge in [-0.05, 0) is 31.2 Å². The molecule has 1 unspecified atom stereocenters. The highest BCUT2D eigenvalue weighted by Crippen LogP contribution is 2.39. The third kappa shape index (κ3) is 5.19. The second-order valence-electron chi connectivity index (χ2n) is 8.87. The van der Waals surface area contributed by atoms with Crippen LogP contribution in [-0.2, 0) is 14.3 Å². The molecule has 2 aromatic rings. The fraction of sp³-hybridized carbons (Fsp3) is 0.423. The number of ether oxygens (including phenoxy) is 2. The molecular weight excluding hydrogens is 470 g/mol. The number of piperidine rings is 1. The van der Waals surface area contributed by atoms with Crippen molar-refractivity contribution >= 4 is 29.3 Å². The Kier molecular flexibility index (Phi) is 7.74. The SMILES string of the molecule is COCCNC(=O)C1COC2(CCN(C(=O)c3ccccc3Cl)CC2)N1C(=O)c1cccc(C)c1. The van der Waals surface area contributed by atoms with Crippen molar-refractivity contribution < 1.29 is 23.9 Å². The number of hydrogen-bond acceptors (Lipinski definition) is 5. The minimum atomic E-state index is -0.971. The standard InChI is InChI=1S/C26H30ClN3O5/c1-18-6-5-7-19(16-18)24(32)30-22(23(31)28-12-15-34-2)17-35-26(30)10-13-29(14-11-26)25(33)20-8-3-4-9-21(20)27/h3-9,16,22H,10-15,17H2,1-2H3,(H,28,31). The molecule has 186 valence electrons. The summed E-state index contributed by atoms with van der Waals surface area (Å²) in [5, 5.41) is 3.23. The lowest BCUT2D eigenvalue weighted by molar-refractivity contribution is -0.128. The molecule has 0 bridgehead atoms. The number of hydrogen-bond donors (Lipinski definition) is 1. The van der Waals surface area contributed by atoms with Gasteiger partial charge in [0.1, 0.15) is 11.8 Å². The molecule has 8 nitrogen and oxygen atoms in total. The zero-order chi connectivity index (χ0) is 25.0. The molecule has 2 fully saturated rings. The molecular formula is C26H30ClN3O5. The topological polar surface area (TPSA) is 88.2 Å². The zero-order valence-corrected chi connectivity index (χ0v) is 20.7. The Labute approximate surface area is 210 Å².